The van der Waals surface area contributed by atoms with Crippen molar-refractivity contribution in [2.75, 3.05) is 13.1 Å². The summed E-state index contributed by atoms with van der Waals surface area (Å²) in [6, 6.07) is 0. The molecule has 0 aromatic carbocycles. The molecule has 1 heterocycles. The molecular formula is C10H22N2O2S. The highest BCUT2D eigenvalue weighted by atomic mass is 32.2. The molecule has 1 fully saturated rings. The molecule has 0 aromatic heterocycles. The van der Waals surface area contributed by atoms with E-state index in [9.17, 15) is 8.42 Å². The lowest BCUT2D eigenvalue weighted by molar-refractivity contribution is 0.217. The molecule has 2 N–H and O–H groups in total. The van der Waals surface area contributed by atoms with E-state index in [1.54, 1.807) is 0 Å². The van der Waals surface area contributed by atoms with Gasteiger partial charge in [0.2, 0.25) is 0 Å². The topological polar surface area (TPSA) is 63.4 Å². The van der Waals surface area contributed by atoms with Gasteiger partial charge < -0.3 is 0 Å². The second-order valence-electron chi connectivity index (χ2n) is 5.44. The fourth-order valence-corrected chi connectivity index (χ4v) is 2.93. The molecule has 0 amide bonds. The van der Waals surface area contributed by atoms with Crippen LogP contribution in [0.1, 0.15) is 40.0 Å². The fraction of sp³-hybridized carbons (Fsp3) is 1.00. The number of hydrogen-bond acceptors (Lipinski definition) is 2. The van der Waals surface area contributed by atoms with Crippen LogP contribution >= 0.6 is 0 Å². The van der Waals surface area contributed by atoms with Crippen LogP contribution in [0.4, 0.5) is 0 Å². The van der Waals surface area contributed by atoms with E-state index in [4.69, 9.17) is 5.14 Å². The Morgan fingerprint density at radius 3 is 2.27 bits per heavy atom. The molecule has 0 saturated carbocycles. The highest BCUT2D eigenvalue weighted by Gasteiger charge is 2.29. The molecule has 0 aliphatic carbocycles. The van der Waals surface area contributed by atoms with Crippen LogP contribution in [0.15, 0.2) is 0 Å². The van der Waals surface area contributed by atoms with Gasteiger partial charge in [0.05, 0.1) is 0 Å². The molecule has 1 aliphatic rings. The van der Waals surface area contributed by atoms with Gasteiger partial charge >= 0.3 is 0 Å². The van der Waals surface area contributed by atoms with Gasteiger partial charge in [0.1, 0.15) is 0 Å². The standard InChI is InChI=1S/C10H22N2O2S/c1-10(2,3)9-5-4-7-12(8-6-9)15(11,13)14/h9H,4-8H2,1-3H3,(H2,11,13,14). The third-order valence-electron chi connectivity index (χ3n) is 3.27. The van der Waals surface area contributed by atoms with Crippen molar-refractivity contribution >= 4 is 10.2 Å². The van der Waals surface area contributed by atoms with Crippen LogP contribution in [0.3, 0.4) is 0 Å². The lowest BCUT2D eigenvalue weighted by Crippen LogP contribution is -2.37. The first-order valence-electron chi connectivity index (χ1n) is 5.49. The first-order valence-corrected chi connectivity index (χ1v) is 6.99. The molecule has 0 radical (unpaired) electrons. The zero-order valence-corrected chi connectivity index (χ0v) is 10.7. The molecule has 4 nitrogen and oxygen atoms in total. The van der Waals surface area contributed by atoms with Crippen molar-refractivity contribution in [2.24, 2.45) is 16.5 Å². The molecule has 1 aliphatic heterocycles. The molecule has 1 rings (SSSR count). The third-order valence-corrected chi connectivity index (χ3v) is 4.36. The van der Waals surface area contributed by atoms with Gasteiger partial charge in [-0.3, -0.25) is 0 Å². The van der Waals surface area contributed by atoms with Crippen molar-refractivity contribution in [3.8, 4) is 0 Å². The van der Waals surface area contributed by atoms with Crippen molar-refractivity contribution in [3.05, 3.63) is 0 Å². The van der Waals surface area contributed by atoms with Gasteiger partial charge in [-0.1, -0.05) is 20.8 Å². The summed E-state index contributed by atoms with van der Waals surface area (Å²) in [4.78, 5) is 0. The summed E-state index contributed by atoms with van der Waals surface area (Å²) in [5, 5.41) is 5.13. The summed E-state index contributed by atoms with van der Waals surface area (Å²) in [6.45, 7) is 7.78. The zero-order valence-electron chi connectivity index (χ0n) is 9.86. The van der Waals surface area contributed by atoms with E-state index in [-0.39, 0.29) is 5.41 Å². The van der Waals surface area contributed by atoms with E-state index in [1.807, 2.05) is 0 Å². The van der Waals surface area contributed by atoms with Crippen LogP contribution in [0.2, 0.25) is 0 Å². The maximum absolute atomic E-state index is 11.2. The normalized spacial score (nSPS) is 26.3. The molecule has 0 bridgehead atoms. The van der Waals surface area contributed by atoms with Crippen LogP contribution < -0.4 is 5.14 Å². The Kier molecular flexibility index (Phi) is 3.79. The van der Waals surface area contributed by atoms with E-state index in [0.29, 0.717) is 19.0 Å². The maximum atomic E-state index is 11.2. The zero-order chi connectivity index (χ0) is 11.7. The minimum atomic E-state index is -3.48. The van der Waals surface area contributed by atoms with Gasteiger partial charge in [0.15, 0.2) is 0 Å². The Bertz CT molecular complexity index is 306. The van der Waals surface area contributed by atoms with Gasteiger partial charge in [-0.05, 0) is 30.6 Å². The van der Waals surface area contributed by atoms with Crippen LogP contribution in [0.25, 0.3) is 0 Å². The highest BCUT2D eigenvalue weighted by Crippen LogP contribution is 2.34. The molecule has 1 unspecified atom stereocenters. The average Bonchev–Trinajstić information content (AvgIpc) is 2.24. The summed E-state index contributed by atoms with van der Waals surface area (Å²) in [7, 11) is -3.48. The van der Waals surface area contributed by atoms with Crippen molar-refractivity contribution in [2.45, 2.75) is 40.0 Å². The Morgan fingerprint density at radius 1 is 1.20 bits per heavy atom. The molecule has 1 saturated heterocycles. The third kappa shape index (κ3) is 3.74. The average molecular weight is 234 g/mol. The molecular weight excluding hydrogens is 212 g/mol. The van der Waals surface area contributed by atoms with E-state index in [1.165, 1.54) is 4.31 Å². The van der Waals surface area contributed by atoms with Crippen molar-refractivity contribution in [1.82, 2.24) is 4.31 Å². The molecule has 0 aromatic rings. The van der Waals surface area contributed by atoms with Gasteiger partial charge in [-0.25, -0.2) is 5.14 Å². The summed E-state index contributed by atoms with van der Waals surface area (Å²) in [5.41, 5.74) is 0.258. The number of nitrogens with two attached hydrogens (primary N) is 1. The first-order chi connectivity index (χ1) is 6.71. The maximum Gasteiger partial charge on any atom is 0.276 e. The Hall–Kier alpha value is -0.130. The van der Waals surface area contributed by atoms with Gasteiger partial charge in [0, 0.05) is 13.1 Å². The molecule has 5 heteroatoms. The Labute approximate surface area is 93.0 Å². The molecule has 90 valence electrons. The Balaban J connectivity index is 2.65. The Morgan fingerprint density at radius 2 is 1.80 bits per heavy atom. The van der Waals surface area contributed by atoms with Crippen LogP contribution in [0, 0.1) is 11.3 Å². The van der Waals surface area contributed by atoms with E-state index in [0.717, 1.165) is 19.3 Å². The lowest BCUT2D eigenvalue weighted by Gasteiger charge is -2.29. The fourth-order valence-electron chi connectivity index (χ4n) is 2.19. The number of nitrogens with zero attached hydrogens (tertiary/aromatic N) is 1. The number of rotatable bonds is 1. The summed E-state index contributed by atoms with van der Waals surface area (Å²) < 4.78 is 23.8. The molecule has 15 heavy (non-hydrogen) atoms. The molecule has 1 atom stereocenters. The highest BCUT2D eigenvalue weighted by molar-refractivity contribution is 7.86. The van der Waals surface area contributed by atoms with Crippen LogP contribution in [0.5, 0.6) is 0 Å². The summed E-state index contributed by atoms with van der Waals surface area (Å²) >= 11 is 0. The molecule has 0 spiro atoms. The quantitative estimate of drug-likeness (QED) is 0.744. The van der Waals surface area contributed by atoms with Gasteiger partial charge in [-0.2, -0.15) is 12.7 Å². The lowest BCUT2D eigenvalue weighted by atomic mass is 9.77. The smallest absolute Gasteiger partial charge is 0.216 e. The summed E-state index contributed by atoms with van der Waals surface area (Å²) in [5.74, 6) is 0.587. The van der Waals surface area contributed by atoms with Crippen molar-refractivity contribution in [3.63, 3.8) is 0 Å². The first kappa shape index (κ1) is 12.9. The summed E-state index contributed by atoms with van der Waals surface area (Å²) in [6.07, 6.45) is 2.92. The second kappa shape index (κ2) is 4.39. The van der Waals surface area contributed by atoms with E-state index < -0.39 is 10.2 Å². The monoisotopic (exact) mass is 234 g/mol. The van der Waals surface area contributed by atoms with Crippen molar-refractivity contribution < 1.29 is 8.42 Å². The van der Waals surface area contributed by atoms with E-state index in [2.05, 4.69) is 20.8 Å². The number of hydrogen-bond donors (Lipinski definition) is 1. The predicted molar refractivity (Wildman–Crippen MR) is 61.5 cm³/mol. The van der Waals surface area contributed by atoms with Crippen LogP contribution in [-0.2, 0) is 10.2 Å². The minimum Gasteiger partial charge on any atom is -0.216 e. The van der Waals surface area contributed by atoms with Crippen LogP contribution in [-0.4, -0.2) is 25.8 Å². The van der Waals surface area contributed by atoms with Gasteiger partial charge in [-0.15, -0.1) is 0 Å². The second-order valence-corrected chi connectivity index (χ2v) is 6.98. The van der Waals surface area contributed by atoms with E-state index >= 15 is 0 Å². The largest absolute Gasteiger partial charge is 0.276 e. The minimum absolute atomic E-state index is 0.258. The van der Waals surface area contributed by atoms with Gasteiger partial charge in [0.25, 0.3) is 10.2 Å². The predicted octanol–water partition coefficient (Wildman–Crippen LogP) is 1.34. The van der Waals surface area contributed by atoms with Crippen molar-refractivity contribution in [1.29, 1.82) is 0 Å². The SMILES string of the molecule is CC(C)(C)C1CCCN(S(N)(=O)=O)CC1.